The topological polar surface area (TPSA) is 39.2 Å². The van der Waals surface area contributed by atoms with Gasteiger partial charge in [0, 0.05) is 12.0 Å². The lowest BCUT2D eigenvalue weighted by Gasteiger charge is -2.00. The Hall–Kier alpha value is 0.200. The van der Waals surface area contributed by atoms with E-state index in [1.807, 2.05) is 6.07 Å². The molecule has 0 aliphatic heterocycles. The molecule has 1 heterocycles. The van der Waals surface area contributed by atoms with E-state index in [1.165, 1.54) is 0 Å². The van der Waals surface area contributed by atoms with E-state index < -0.39 is 0 Å². The summed E-state index contributed by atoms with van der Waals surface area (Å²) in [6.07, 6.45) is 1.16. The van der Waals surface area contributed by atoms with Gasteiger partial charge in [0.1, 0.15) is 5.76 Å². The van der Waals surface area contributed by atoms with Crippen molar-refractivity contribution >= 4 is 31.9 Å². The van der Waals surface area contributed by atoms with Crippen LogP contribution in [-0.4, -0.2) is 6.04 Å². The quantitative estimate of drug-likeness (QED) is 0.911. The first-order valence-corrected chi connectivity index (χ1v) is 5.88. The summed E-state index contributed by atoms with van der Waals surface area (Å²) in [5.41, 5.74) is 5.81. The molecule has 4 heteroatoms. The maximum Gasteiger partial charge on any atom is 0.183 e. The van der Waals surface area contributed by atoms with E-state index in [2.05, 4.69) is 38.8 Å². The van der Waals surface area contributed by atoms with Gasteiger partial charge in [0.15, 0.2) is 4.67 Å². The average molecular weight is 309 g/mol. The molecule has 3 unspecified atom stereocenters. The van der Waals surface area contributed by atoms with Gasteiger partial charge in [-0.15, -0.1) is 0 Å². The lowest BCUT2D eigenvalue weighted by atomic mass is 10.2. The second-order valence-electron chi connectivity index (χ2n) is 3.64. The van der Waals surface area contributed by atoms with Gasteiger partial charge in [-0.3, -0.25) is 0 Å². The van der Waals surface area contributed by atoms with Crippen LogP contribution in [0.2, 0.25) is 0 Å². The molecule has 72 valence electrons. The Bertz CT molecular complexity index is 302. The van der Waals surface area contributed by atoms with Crippen LogP contribution in [0.1, 0.15) is 25.0 Å². The summed E-state index contributed by atoms with van der Waals surface area (Å²) in [6.45, 7) is 2.05. The predicted molar refractivity (Wildman–Crippen MR) is 58.6 cm³/mol. The van der Waals surface area contributed by atoms with Crippen molar-refractivity contribution in [2.45, 2.75) is 25.3 Å². The van der Waals surface area contributed by atoms with E-state index in [-0.39, 0.29) is 6.04 Å². The minimum atomic E-state index is 0.271. The van der Waals surface area contributed by atoms with Crippen molar-refractivity contribution in [2.24, 2.45) is 11.7 Å². The summed E-state index contributed by atoms with van der Waals surface area (Å²) in [5, 5.41) is 0. The fourth-order valence-electron chi connectivity index (χ4n) is 1.67. The molecule has 0 aromatic carbocycles. The fraction of sp³-hybridized carbons (Fsp3) is 0.556. The van der Waals surface area contributed by atoms with Crippen LogP contribution in [-0.2, 0) is 0 Å². The molecule has 0 radical (unpaired) electrons. The van der Waals surface area contributed by atoms with Gasteiger partial charge in [0.05, 0.1) is 4.47 Å². The van der Waals surface area contributed by atoms with Crippen LogP contribution in [0, 0.1) is 5.92 Å². The maximum absolute atomic E-state index is 5.81. The van der Waals surface area contributed by atoms with Crippen LogP contribution < -0.4 is 5.73 Å². The molecule has 1 aromatic heterocycles. The number of furan rings is 1. The van der Waals surface area contributed by atoms with Crippen LogP contribution in [0.15, 0.2) is 19.6 Å². The standard InChI is InChI=1S/C9H11Br2NO/c1-4(12)5-2-6(5)8-3-7(10)9(11)13-8/h3-6H,2,12H2,1H3. The number of hydrogen-bond donors (Lipinski definition) is 1. The van der Waals surface area contributed by atoms with E-state index >= 15 is 0 Å². The van der Waals surface area contributed by atoms with Gasteiger partial charge in [-0.2, -0.15) is 0 Å². The second kappa shape index (κ2) is 3.41. The molecule has 1 fully saturated rings. The zero-order valence-corrected chi connectivity index (χ0v) is 10.4. The van der Waals surface area contributed by atoms with Crippen molar-refractivity contribution in [2.75, 3.05) is 0 Å². The first-order valence-electron chi connectivity index (χ1n) is 4.30. The highest BCUT2D eigenvalue weighted by Crippen LogP contribution is 2.50. The molecule has 0 spiro atoms. The average Bonchev–Trinajstić information content (AvgIpc) is 2.76. The van der Waals surface area contributed by atoms with E-state index in [4.69, 9.17) is 10.2 Å². The summed E-state index contributed by atoms with van der Waals surface area (Å²) in [5.74, 6) is 2.17. The smallest absolute Gasteiger partial charge is 0.183 e. The maximum atomic E-state index is 5.81. The first kappa shape index (κ1) is 9.74. The van der Waals surface area contributed by atoms with Gasteiger partial charge in [-0.05, 0) is 57.2 Å². The molecule has 2 nitrogen and oxygen atoms in total. The molecule has 0 amide bonds. The molecule has 1 aromatic rings. The van der Waals surface area contributed by atoms with E-state index in [9.17, 15) is 0 Å². The molecule has 2 rings (SSSR count). The second-order valence-corrected chi connectivity index (χ2v) is 5.21. The Morgan fingerprint density at radius 1 is 1.62 bits per heavy atom. The van der Waals surface area contributed by atoms with Crippen molar-refractivity contribution in [3.63, 3.8) is 0 Å². The Morgan fingerprint density at radius 3 is 2.69 bits per heavy atom. The van der Waals surface area contributed by atoms with Crippen LogP contribution >= 0.6 is 31.9 Å². The monoisotopic (exact) mass is 307 g/mol. The van der Waals surface area contributed by atoms with Crippen molar-refractivity contribution < 1.29 is 4.42 Å². The summed E-state index contributed by atoms with van der Waals surface area (Å²) in [4.78, 5) is 0. The van der Waals surface area contributed by atoms with Gasteiger partial charge < -0.3 is 10.2 Å². The van der Waals surface area contributed by atoms with Crippen LogP contribution in [0.3, 0.4) is 0 Å². The Morgan fingerprint density at radius 2 is 2.31 bits per heavy atom. The van der Waals surface area contributed by atoms with Crippen LogP contribution in [0.25, 0.3) is 0 Å². The highest BCUT2D eigenvalue weighted by atomic mass is 79.9. The molecule has 1 saturated carbocycles. The largest absolute Gasteiger partial charge is 0.453 e. The number of rotatable bonds is 2. The van der Waals surface area contributed by atoms with E-state index in [0.29, 0.717) is 11.8 Å². The molecule has 13 heavy (non-hydrogen) atoms. The minimum absolute atomic E-state index is 0.271. The molecule has 2 N–H and O–H groups in total. The third-order valence-electron chi connectivity index (χ3n) is 2.54. The number of hydrogen-bond acceptors (Lipinski definition) is 2. The number of halogens is 2. The molecule has 1 aliphatic carbocycles. The fourth-order valence-corrected chi connectivity index (χ4v) is 2.28. The van der Waals surface area contributed by atoms with E-state index in [0.717, 1.165) is 21.3 Å². The normalized spacial score (nSPS) is 28.9. The van der Waals surface area contributed by atoms with Gasteiger partial charge in [0.2, 0.25) is 0 Å². The lowest BCUT2D eigenvalue weighted by molar-refractivity contribution is 0.474. The summed E-state index contributed by atoms with van der Waals surface area (Å²) >= 11 is 6.72. The summed E-state index contributed by atoms with van der Waals surface area (Å²) < 4.78 is 7.29. The van der Waals surface area contributed by atoms with Gasteiger partial charge >= 0.3 is 0 Å². The third kappa shape index (κ3) is 1.85. The van der Waals surface area contributed by atoms with E-state index in [1.54, 1.807) is 0 Å². The molecule has 0 saturated heterocycles. The van der Waals surface area contributed by atoms with Crippen molar-refractivity contribution in [3.05, 3.63) is 21.0 Å². The Labute approximate surface area is 94.1 Å². The van der Waals surface area contributed by atoms with Gasteiger partial charge in [-0.25, -0.2) is 0 Å². The van der Waals surface area contributed by atoms with Crippen molar-refractivity contribution in [1.29, 1.82) is 0 Å². The van der Waals surface area contributed by atoms with Gasteiger partial charge in [-0.1, -0.05) is 0 Å². The molecule has 0 bridgehead atoms. The Kier molecular flexibility index (Phi) is 2.55. The molecule has 1 aliphatic rings. The van der Waals surface area contributed by atoms with Crippen molar-refractivity contribution in [1.82, 2.24) is 0 Å². The SMILES string of the molecule is CC(N)C1CC1c1cc(Br)c(Br)o1. The number of nitrogens with two attached hydrogens (primary N) is 1. The molecular formula is C9H11Br2NO. The molecule has 3 atom stereocenters. The van der Waals surface area contributed by atoms with Crippen LogP contribution in [0.4, 0.5) is 0 Å². The lowest BCUT2D eigenvalue weighted by Crippen LogP contribution is -2.17. The summed E-state index contributed by atoms with van der Waals surface area (Å²) in [7, 11) is 0. The zero-order valence-electron chi connectivity index (χ0n) is 7.26. The van der Waals surface area contributed by atoms with Crippen LogP contribution in [0.5, 0.6) is 0 Å². The summed E-state index contributed by atoms with van der Waals surface area (Å²) in [6, 6.07) is 2.30. The highest BCUT2D eigenvalue weighted by molar-refractivity contribution is 9.13. The minimum Gasteiger partial charge on any atom is -0.453 e. The highest BCUT2D eigenvalue weighted by Gasteiger charge is 2.43. The third-order valence-corrected chi connectivity index (χ3v) is 4.25. The Balaban J connectivity index is 2.12. The van der Waals surface area contributed by atoms with Crippen molar-refractivity contribution in [3.8, 4) is 0 Å². The molecular weight excluding hydrogens is 298 g/mol. The zero-order chi connectivity index (χ0) is 9.59. The van der Waals surface area contributed by atoms with Gasteiger partial charge in [0.25, 0.3) is 0 Å². The predicted octanol–water partition coefficient (Wildman–Crippen LogP) is 3.26. The first-order chi connectivity index (χ1) is 6.09.